The van der Waals surface area contributed by atoms with Gasteiger partial charge in [-0.05, 0) is 44.5 Å². The Labute approximate surface area is 164 Å². The van der Waals surface area contributed by atoms with Gasteiger partial charge in [-0.2, -0.15) is 0 Å². The number of rotatable bonds is 4. The lowest BCUT2D eigenvalue weighted by atomic mass is 10.0. The molecule has 6 heteroatoms. The van der Waals surface area contributed by atoms with E-state index >= 15 is 0 Å². The van der Waals surface area contributed by atoms with Gasteiger partial charge >= 0.3 is 0 Å². The number of amides is 1. The molecule has 0 saturated carbocycles. The van der Waals surface area contributed by atoms with Gasteiger partial charge in [0.25, 0.3) is 5.91 Å². The highest BCUT2D eigenvalue weighted by molar-refractivity contribution is 5.92. The zero-order valence-corrected chi connectivity index (χ0v) is 16.1. The maximum Gasteiger partial charge on any atom is 0.274 e. The molecule has 1 amide bonds. The van der Waals surface area contributed by atoms with Crippen LogP contribution < -0.4 is 5.32 Å². The van der Waals surface area contributed by atoms with Gasteiger partial charge < -0.3 is 10.2 Å². The second kappa shape index (κ2) is 7.76. The van der Waals surface area contributed by atoms with Gasteiger partial charge in [-0.3, -0.25) is 14.8 Å². The van der Waals surface area contributed by atoms with E-state index < -0.39 is 0 Å². The van der Waals surface area contributed by atoms with Gasteiger partial charge in [-0.15, -0.1) is 0 Å². The minimum atomic E-state index is -0.0683. The fourth-order valence-electron chi connectivity index (χ4n) is 3.54. The summed E-state index contributed by atoms with van der Waals surface area (Å²) >= 11 is 0. The van der Waals surface area contributed by atoms with Crippen LogP contribution in [0.25, 0.3) is 0 Å². The van der Waals surface area contributed by atoms with Crippen LogP contribution in [-0.2, 0) is 0 Å². The Balaban J connectivity index is 1.49. The number of carbonyl (C=O) groups excluding carboxylic acids is 1. The van der Waals surface area contributed by atoms with Crippen LogP contribution in [0.2, 0.25) is 0 Å². The summed E-state index contributed by atoms with van der Waals surface area (Å²) in [6.45, 7) is 5.43. The van der Waals surface area contributed by atoms with Crippen LogP contribution in [0.4, 0.5) is 11.4 Å². The summed E-state index contributed by atoms with van der Waals surface area (Å²) in [6, 6.07) is 12.5. The number of nitrogens with zero attached hydrogens (tertiary/aromatic N) is 4. The summed E-state index contributed by atoms with van der Waals surface area (Å²) in [5.74, 6) is 0.153. The standard InChI is InChI=1S/C22H23N5O/c1-15-3-5-18(6-4-15)26-19-11-16(2)25-20(12-19)17-7-10-27(14-17)22(28)21-13-23-8-9-24-21/h3-6,8-9,11-13,17H,7,10,14H2,1-2H3,(H,25,26). The molecule has 1 aliphatic heterocycles. The van der Waals surface area contributed by atoms with E-state index in [0.29, 0.717) is 18.8 Å². The maximum absolute atomic E-state index is 12.6. The third-order valence-corrected chi connectivity index (χ3v) is 4.99. The first kappa shape index (κ1) is 18.1. The summed E-state index contributed by atoms with van der Waals surface area (Å²) in [6.07, 6.45) is 5.53. The minimum absolute atomic E-state index is 0.0683. The van der Waals surface area contributed by atoms with Crippen molar-refractivity contribution in [1.82, 2.24) is 19.9 Å². The predicted octanol–water partition coefficient (Wildman–Crippen LogP) is 3.86. The third-order valence-electron chi connectivity index (χ3n) is 4.99. The molecular formula is C22H23N5O. The largest absolute Gasteiger partial charge is 0.355 e. The van der Waals surface area contributed by atoms with Crippen molar-refractivity contribution in [3.63, 3.8) is 0 Å². The Hall–Kier alpha value is -3.28. The highest BCUT2D eigenvalue weighted by atomic mass is 16.2. The van der Waals surface area contributed by atoms with Crippen molar-refractivity contribution in [1.29, 1.82) is 0 Å². The Morgan fingerprint density at radius 3 is 2.68 bits per heavy atom. The predicted molar refractivity (Wildman–Crippen MR) is 109 cm³/mol. The first-order chi connectivity index (χ1) is 13.6. The summed E-state index contributed by atoms with van der Waals surface area (Å²) < 4.78 is 0. The molecule has 4 rings (SSSR count). The molecule has 0 radical (unpaired) electrons. The quantitative estimate of drug-likeness (QED) is 0.752. The van der Waals surface area contributed by atoms with E-state index in [2.05, 4.69) is 52.5 Å². The molecule has 0 aliphatic carbocycles. The monoisotopic (exact) mass is 373 g/mol. The molecular weight excluding hydrogens is 350 g/mol. The summed E-state index contributed by atoms with van der Waals surface area (Å²) in [5.41, 5.74) is 5.67. The van der Waals surface area contributed by atoms with Crippen molar-refractivity contribution in [3.8, 4) is 0 Å². The highest BCUT2D eigenvalue weighted by Gasteiger charge is 2.29. The molecule has 1 saturated heterocycles. The number of aromatic nitrogens is 3. The van der Waals surface area contributed by atoms with Gasteiger partial charge in [0.1, 0.15) is 5.69 Å². The van der Waals surface area contributed by atoms with Gasteiger partial charge in [0.05, 0.1) is 6.20 Å². The van der Waals surface area contributed by atoms with Crippen LogP contribution in [0.5, 0.6) is 0 Å². The van der Waals surface area contributed by atoms with Crippen LogP contribution in [0.15, 0.2) is 55.0 Å². The summed E-state index contributed by atoms with van der Waals surface area (Å²) in [5, 5.41) is 3.46. The average molecular weight is 373 g/mol. The number of carbonyl (C=O) groups is 1. The lowest BCUT2D eigenvalue weighted by molar-refractivity contribution is 0.0784. The molecule has 0 bridgehead atoms. The van der Waals surface area contributed by atoms with Crippen LogP contribution in [0.3, 0.4) is 0 Å². The van der Waals surface area contributed by atoms with E-state index in [4.69, 9.17) is 4.98 Å². The van der Waals surface area contributed by atoms with E-state index in [0.717, 1.165) is 29.2 Å². The van der Waals surface area contributed by atoms with Gasteiger partial charge in [0.15, 0.2) is 0 Å². The van der Waals surface area contributed by atoms with Crippen LogP contribution in [0.1, 0.15) is 39.8 Å². The van der Waals surface area contributed by atoms with Gasteiger partial charge in [-0.1, -0.05) is 17.7 Å². The Morgan fingerprint density at radius 1 is 1.11 bits per heavy atom. The van der Waals surface area contributed by atoms with E-state index in [1.54, 1.807) is 12.4 Å². The van der Waals surface area contributed by atoms with Crippen LogP contribution in [-0.4, -0.2) is 38.8 Å². The first-order valence-electron chi connectivity index (χ1n) is 9.46. The number of pyridine rings is 1. The Kier molecular flexibility index (Phi) is 5.02. The lowest BCUT2D eigenvalue weighted by Crippen LogP contribution is -2.29. The molecule has 1 aromatic carbocycles. The molecule has 1 N–H and O–H groups in total. The van der Waals surface area contributed by atoms with Crippen LogP contribution >= 0.6 is 0 Å². The molecule has 1 aliphatic rings. The topological polar surface area (TPSA) is 71.0 Å². The van der Waals surface area contributed by atoms with Crippen molar-refractivity contribution < 1.29 is 4.79 Å². The molecule has 1 unspecified atom stereocenters. The highest BCUT2D eigenvalue weighted by Crippen LogP contribution is 2.29. The SMILES string of the molecule is Cc1ccc(Nc2cc(C)nc(C3CCN(C(=O)c4cnccn4)C3)c2)cc1. The lowest BCUT2D eigenvalue weighted by Gasteiger charge is -2.16. The van der Waals surface area contributed by atoms with Crippen molar-refractivity contribution in [2.45, 2.75) is 26.2 Å². The van der Waals surface area contributed by atoms with Crippen LogP contribution in [0, 0.1) is 13.8 Å². The van der Waals surface area contributed by atoms with Gasteiger partial charge in [-0.25, -0.2) is 4.98 Å². The number of nitrogens with one attached hydrogen (secondary N) is 1. The average Bonchev–Trinajstić information content (AvgIpc) is 3.20. The fraction of sp³-hybridized carbons (Fsp3) is 0.273. The number of hydrogen-bond donors (Lipinski definition) is 1. The normalized spacial score (nSPS) is 16.2. The zero-order chi connectivity index (χ0) is 19.5. The van der Waals surface area contributed by atoms with Crippen molar-refractivity contribution >= 4 is 17.3 Å². The Bertz CT molecular complexity index is 972. The Morgan fingerprint density at radius 2 is 1.93 bits per heavy atom. The molecule has 3 aromatic rings. The molecule has 1 fully saturated rings. The van der Waals surface area contributed by atoms with Crippen molar-refractivity contribution in [2.75, 3.05) is 18.4 Å². The number of anilines is 2. The molecule has 0 spiro atoms. The van der Waals surface area contributed by atoms with Crippen molar-refractivity contribution in [2.24, 2.45) is 0 Å². The zero-order valence-electron chi connectivity index (χ0n) is 16.1. The minimum Gasteiger partial charge on any atom is -0.355 e. The molecule has 3 heterocycles. The number of aryl methyl sites for hydroxylation is 2. The third kappa shape index (κ3) is 4.01. The van der Waals surface area contributed by atoms with Gasteiger partial charge in [0, 0.05) is 54.2 Å². The molecule has 142 valence electrons. The number of hydrogen-bond acceptors (Lipinski definition) is 5. The van der Waals surface area contributed by atoms with E-state index in [1.165, 1.54) is 11.8 Å². The smallest absolute Gasteiger partial charge is 0.274 e. The summed E-state index contributed by atoms with van der Waals surface area (Å²) in [7, 11) is 0. The fourth-order valence-corrected chi connectivity index (χ4v) is 3.54. The molecule has 6 nitrogen and oxygen atoms in total. The van der Waals surface area contributed by atoms with E-state index in [-0.39, 0.29) is 11.8 Å². The molecule has 1 atom stereocenters. The maximum atomic E-state index is 12.6. The van der Waals surface area contributed by atoms with Gasteiger partial charge in [0.2, 0.25) is 0 Å². The number of benzene rings is 1. The second-order valence-electron chi connectivity index (χ2n) is 7.24. The first-order valence-corrected chi connectivity index (χ1v) is 9.46. The van der Waals surface area contributed by atoms with E-state index in [9.17, 15) is 4.79 Å². The molecule has 28 heavy (non-hydrogen) atoms. The van der Waals surface area contributed by atoms with E-state index in [1.807, 2.05) is 17.9 Å². The summed E-state index contributed by atoms with van der Waals surface area (Å²) in [4.78, 5) is 27.3. The van der Waals surface area contributed by atoms with Crippen molar-refractivity contribution in [3.05, 3.63) is 77.6 Å². The second-order valence-corrected chi connectivity index (χ2v) is 7.24. The molecule has 2 aromatic heterocycles. The number of likely N-dealkylation sites (tertiary alicyclic amines) is 1.